The maximum absolute atomic E-state index is 10.5. The van der Waals surface area contributed by atoms with Gasteiger partial charge >= 0.3 is 0 Å². The molecule has 106 valence electrons. The molecule has 0 N–H and O–H groups in total. The van der Waals surface area contributed by atoms with Crippen LogP contribution in [0, 0.1) is 10.1 Å². The molecule has 1 aromatic carbocycles. The Bertz CT molecular complexity index is 562. The second-order valence-electron chi connectivity index (χ2n) is 3.48. The number of benzene rings is 1. The number of nitrogens with zero attached hydrogens (tertiary/aromatic N) is 2. The molecule has 0 atom stereocenters. The van der Waals surface area contributed by atoms with Gasteiger partial charge in [-0.05, 0) is 18.2 Å². The highest BCUT2D eigenvalue weighted by Gasteiger charge is 2.10. The minimum atomic E-state index is -0.506. The molecule has 2 rings (SSSR count). The predicted octanol–water partition coefficient (Wildman–Crippen LogP) is 4.25. The first-order valence-corrected chi connectivity index (χ1v) is 6.51. The van der Waals surface area contributed by atoms with Crippen LogP contribution in [0.15, 0.2) is 42.6 Å². The van der Waals surface area contributed by atoms with Crippen molar-refractivity contribution in [2.45, 2.75) is 20.5 Å². The van der Waals surface area contributed by atoms with Gasteiger partial charge < -0.3 is 4.74 Å². The normalized spacial score (nSPS) is 9.35. The molecule has 0 saturated heterocycles. The van der Waals surface area contributed by atoms with E-state index in [1.54, 1.807) is 6.20 Å². The van der Waals surface area contributed by atoms with Gasteiger partial charge in [-0.15, -0.1) is 0 Å². The molecule has 6 heteroatoms. The van der Waals surface area contributed by atoms with E-state index < -0.39 is 4.92 Å². The van der Waals surface area contributed by atoms with E-state index in [-0.39, 0.29) is 17.3 Å². The van der Waals surface area contributed by atoms with Crippen molar-refractivity contribution in [3.63, 3.8) is 0 Å². The Morgan fingerprint density at radius 3 is 2.60 bits per heavy atom. The van der Waals surface area contributed by atoms with E-state index in [2.05, 4.69) is 4.98 Å². The van der Waals surface area contributed by atoms with E-state index in [9.17, 15) is 10.1 Å². The summed E-state index contributed by atoms with van der Waals surface area (Å²) in [6.07, 6.45) is 1.66. The first kappa shape index (κ1) is 15.9. The molecule has 0 aliphatic carbocycles. The smallest absolute Gasteiger partial charge is 0.271 e. The summed E-state index contributed by atoms with van der Waals surface area (Å²) in [4.78, 5) is 14.1. The summed E-state index contributed by atoms with van der Waals surface area (Å²) >= 11 is 5.89. The van der Waals surface area contributed by atoms with Crippen LogP contribution in [-0.4, -0.2) is 9.91 Å². The fourth-order valence-corrected chi connectivity index (χ4v) is 1.58. The molecule has 5 nitrogen and oxygen atoms in total. The number of pyridine rings is 1. The van der Waals surface area contributed by atoms with Crippen molar-refractivity contribution in [2.75, 3.05) is 0 Å². The SMILES string of the molecule is CC.O=[N+]([O-])c1ccc(OCc2ccccn2)c(Cl)c1. The Hall–Kier alpha value is -2.14. The van der Waals surface area contributed by atoms with Crippen molar-refractivity contribution < 1.29 is 9.66 Å². The quantitative estimate of drug-likeness (QED) is 0.624. The first-order valence-electron chi connectivity index (χ1n) is 6.13. The molecule has 0 unspecified atom stereocenters. The van der Waals surface area contributed by atoms with Crippen LogP contribution in [0.25, 0.3) is 0 Å². The zero-order chi connectivity index (χ0) is 15.0. The van der Waals surface area contributed by atoms with E-state index in [0.717, 1.165) is 5.69 Å². The summed E-state index contributed by atoms with van der Waals surface area (Å²) in [5.41, 5.74) is 0.692. The molecule has 0 saturated carbocycles. The average Bonchev–Trinajstić information content (AvgIpc) is 2.49. The summed E-state index contributed by atoms with van der Waals surface area (Å²) in [7, 11) is 0. The van der Waals surface area contributed by atoms with Crippen LogP contribution in [-0.2, 0) is 6.61 Å². The molecule has 1 aromatic heterocycles. The van der Waals surface area contributed by atoms with Crippen molar-refractivity contribution in [2.24, 2.45) is 0 Å². The second kappa shape index (κ2) is 8.12. The number of halogens is 1. The van der Waals surface area contributed by atoms with Crippen LogP contribution in [0.1, 0.15) is 19.5 Å². The van der Waals surface area contributed by atoms with Gasteiger partial charge in [-0.25, -0.2) is 0 Å². The van der Waals surface area contributed by atoms with Gasteiger partial charge in [0, 0.05) is 18.3 Å². The van der Waals surface area contributed by atoms with Crippen LogP contribution in [0.5, 0.6) is 5.75 Å². The molecule has 0 radical (unpaired) electrons. The molecular formula is C14H15ClN2O3. The molecule has 0 bridgehead atoms. The lowest BCUT2D eigenvalue weighted by Gasteiger charge is -2.07. The number of ether oxygens (including phenoxy) is 1. The Morgan fingerprint density at radius 1 is 1.30 bits per heavy atom. The molecule has 0 aliphatic heterocycles. The number of nitro benzene ring substituents is 1. The third-order valence-electron chi connectivity index (χ3n) is 2.23. The Labute approximate surface area is 122 Å². The zero-order valence-corrected chi connectivity index (χ0v) is 12.0. The average molecular weight is 295 g/mol. The Morgan fingerprint density at radius 2 is 2.05 bits per heavy atom. The zero-order valence-electron chi connectivity index (χ0n) is 11.2. The van der Waals surface area contributed by atoms with E-state index in [4.69, 9.17) is 16.3 Å². The molecular weight excluding hydrogens is 280 g/mol. The predicted molar refractivity (Wildman–Crippen MR) is 78.0 cm³/mol. The molecule has 0 amide bonds. The van der Waals surface area contributed by atoms with Gasteiger partial charge in [-0.2, -0.15) is 0 Å². The van der Waals surface area contributed by atoms with E-state index >= 15 is 0 Å². The molecule has 0 spiro atoms. The van der Waals surface area contributed by atoms with Crippen LogP contribution < -0.4 is 4.74 Å². The molecule has 0 fully saturated rings. The number of aromatic nitrogens is 1. The third-order valence-corrected chi connectivity index (χ3v) is 2.52. The minimum absolute atomic E-state index is 0.0646. The third kappa shape index (κ3) is 4.51. The number of non-ortho nitro benzene ring substituents is 1. The van der Waals surface area contributed by atoms with Gasteiger partial charge in [-0.1, -0.05) is 31.5 Å². The minimum Gasteiger partial charge on any atom is -0.486 e. The monoisotopic (exact) mass is 294 g/mol. The fraction of sp³-hybridized carbons (Fsp3) is 0.214. The van der Waals surface area contributed by atoms with Crippen LogP contribution in [0.3, 0.4) is 0 Å². The lowest BCUT2D eigenvalue weighted by Crippen LogP contribution is -1.98. The van der Waals surface area contributed by atoms with Crippen molar-refractivity contribution in [1.82, 2.24) is 4.98 Å². The van der Waals surface area contributed by atoms with Crippen molar-refractivity contribution in [3.8, 4) is 5.75 Å². The maximum atomic E-state index is 10.5. The molecule has 20 heavy (non-hydrogen) atoms. The maximum Gasteiger partial charge on any atom is 0.271 e. The van der Waals surface area contributed by atoms with Gasteiger partial charge in [0.25, 0.3) is 5.69 Å². The number of hydrogen-bond acceptors (Lipinski definition) is 4. The fourth-order valence-electron chi connectivity index (χ4n) is 1.36. The van der Waals surface area contributed by atoms with Crippen molar-refractivity contribution >= 4 is 17.3 Å². The first-order chi connectivity index (χ1) is 9.66. The standard InChI is InChI=1S/C12H9ClN2O3.C2H6/c13-11-7-10(15(16)17)4-5-12(11)18-8-9-3-1-2-6-14-9;1-2/h1-7H,8H2;1-2H3. The summed E-state index contributed by atoms with van der Waals surface area (Å²) in [5.74, 6) is 0.396. The van der Waals surface area contributed by atoms with Gasteiger partial charge in [0.2, 0.25) is 0 Å². The largest absolute Gasteiger partial charge is 0.486 e. The van der Waals surface area contributed by atoms with Crippen molar-refractivity contribution in [3.05, 3.63) is 63.4 Å². The van der Waals surface area contributed by atoms with Gasteiger partial charge in [0.1, 0.15) is 12.4 Å². The highest BCUT2D eigenvalue weighted by molar-refractivity contribution is 6.32. The summed E-state index contributed by atoms with van der Waals surface area (Å²) in [6, 6.07) is 9.56. The van der Waals surface area contributed by atoms with Crippen molar-refractivity contribution in [1.29, 1.82) is 0 Å². The lowest BCUT2D eigenvalue weighted by molar-refractivity contribution is -0.384. The van der Waals surface area contributed by atoms with Gasteiger partial charge in [-0.3, -0.25) is 15.1 Å². The molecule has 0 aliphatic rings. The number of nitro groups is 1. The topological polar surface area (TPSA) is 65.3 Å². The number of hydrogen-bond donors (Lipinski definition) is 0. The van der Waals surface area contributed by atoms with E-state index in [1.807, 2.05) is 32.0 Å². The van der Waals surface area contributed by atoms with Crippen LogP contribution in [0.2, 0.25) is 5.02 Å². The highest BCUT2D eigenvalue weighted by Crippen LogP contribution is 2.29. The lowest BCUT2D eigenvalue weighted by atomic mass is 10.3. The Balaban J connectivity index is 0.000000956. The summed E-state index contributed by atoms with van der Waals surface area (Å²) < 4.78 is 5.44. The molecule has 2 aromatic rings. The molecule has 1 heterocycles. The van der Waals surface area contributed by atoms with E-state index in [1.165, 1.54) is 18.2 Å². The highest BCUT2D eigenvalue weighted by atomic mass is 35.5. The summed E-state index contributed by atoms with van der Waals surface area (Å²) in [6.45, 7) is 4.26. The Kier molecular flexibility index (Phi) is 6.46. The van der Waals surface area contributed by atoms with Crippen LogP contribution in [0.4, 0.5) is 5.69 Å². The van der Waals surface area contributed by atoms with E-state index in [0.29, 0.717) is 5.75 Å². The van der Waals surface area contributed by atoms with Crippen LogP contribution >= 0.6 is 11.6 Å². The number of rotatable bonds is 4. The second-order valence-corrected chi connectivity index (χ2v) is 3.89. The summed E-state index contributed by atoms with van der Waals surface area (Å²) in [5, 5.41) is 10.7. The van der Waals surface area contributed by atoms with Gasteiger partial charge in [0.15, 0.2) is 0 Å². The van der Waals surface area contributed by atoms with Gasteiger partial charge in [0.05, 0.1) is 15.6 Å².